The van der Waals surface area contributed by atoms with Crippen molar-refractivity contribution in [1.29, 1.82) is 0 Å². The van der Waals surface area contributed by atoms with E-state index in [1.165, 1.54) is 0 Å². The Morgan fingerprint density at radius 2 is 2.00 bits per heavy atom. The Morgan fingerprint density at radius 3 is 2.55 bits per heavy atom. The van der Waals surface area contributed by atoms with E-state index in [0.717, 1.165) is 0 Å². The van der Waals surface area contributed by atoms with Gasteiger partial charge in [-0.25, -0.2) is 9.38 Å². The molecule has 1 aliphatic rings. The summed E-state index contributed by atoms with van der Waals surface area (Å²) in [6.45, 7) is 0. The third-order valence-corrected chi connectivity index (χ3v) is 2.98. The van der Waals surface area contributed by atoms with Crippen molar-refractivity contribution >= 4 is 11.7 Å². The molecule has 1 aromatic carbocycles. The van der Waals surface area contributed by atoms with Gasteiger partial charge in [0.15, 0.2) is 6.10 Å². The molecule has 1 heterocycles. The van der Waals surface area contributed by atoms with E-state index in [0.29, 0.717) is 12.1 Å². The molecule has 6 nitrogen and oxygen atoms in total. The summed E-state index contributed by atoms with van der Waals surface area (Å²) in [6, 6.07) is -1.42. The molecule has 0 amide bonds. The van der Waals surface area contributed by atoms with Gasteiger partial charge in [-0.05, 0) is 6.07 Å². The molecule has 0 bridgehead atoms. The first-order valence-electron chi connectivity index (χ1n) is 5.80. The first-order valence-corrected chi connectivity index (χ1v) is 5.80. The summed E-state index contributed by atoms with van der Waals surface area (Å²) in [5.74, 6) is -2.85. The highest BCUT2D eigenvalue weighted by atomic mass is 19.4. The summed E-state index contributed by atoms with van der Waals surface area (Å²) in [5, 5.41) is 10.6. The molecule has 0 fully saturated rings. The number of benzene rings is 1. The van der Waals surface area contributed by atoms with Crippen molar-refractivity contribution in [3.8, 4) is 0 Å². The highest BCUT2D eigenvalue weighted by Gasteiger charge is 2.46. The van der Waals surface area contributed by atoms with Gasteiger partial charge < -0.3 is 10.5 Å². The van der Waals surface area contributed by atoms with Crippen LogP contribution in [-0.2, 0) is 4.74 Å². The van der Waals surface area contributed by atoms with E-state index in [-0.39, 0.29) is 0 Å². The predicted molar refractivity (Wildman–Crippen MR) is 62.9 cm³/mol. The lowest BCUT2D eigenvalue weighted by atomic mass is 9.98. The number of hydrogen-bond donors (Lipinski definition) is 1. The van der Waals surface area contributed by atoms with Crippen LogP contribution in [0, 0.1) is 21.7 Å². The van der Waals surface area contributed by atoms with Crippen LogP contribution in [-0.4, -0.2) is 23.2 Å². The number of nitrogens with zero attached hydrogens (tertiary/aromatic N) is 2. The number of nitro groups is 1. The number of aliphatic imine (C=N–C) groups is 1. The van der Waals surface area contributed by atoms with E-state index < -0.39 is 58.6 Å². The number of alkyl halides is 3. The average molecular weight is 325 g/mol. The van der Waals surface area contributed by atoms with E-state index in [4.69, 9.17) is 5.73 Å². The summed E-state index contributed by atoms with van der Waals surface area (Å²) >= 11 is 0. The maximum Gasteiger partial charge on any atom is 0.425 e. The standard InChI is InChI=1S/C11H8F5N3O3/c12-4-1-2-6(19(20)21)9(13)8(4)5-3-7(11(14,15)16)22-10(17)18-5/h1-2,5,7H,3H2,(H2,17,18)/t5-,7-/m0/s1. The van der Waals surface area contributed by atoms with Crippen molar-refractivity contribution in [3.05, 3.63) is 39.4 Å². The largest absolute Gasteiger partial charge is 0.452 e. The van der Waals surface area contributed by atoms with Crippen LogP contribution in [0.3, 0.4) is 0 Å². The first-order chi connectivity index (χ1) is 10.1. The van der Waals surface area contributed by atoms with Gasteiger partial charge in [0.1, 0.15) is 5.82 Å². The van der Waals surface area contributed by atoms with Gasteiger partial charge in [-0.3, -0.25) is 10.1 Å². The van der Waals surface area contributed by atoms with Crippen LogP contribution < -0.4 is 5.73 Å². The van der Waals surface area contributed by atoms with Crippen molar-refractivity contribution in [1.82, 2.24) is 0 Å². The lowest BCUT2D eigenvalue weighted by Crippen LogP contribution is -2.40. The van der Waals surface area contributed by atoms with Gasteiger partial charge in [0.25, 0.3) is 6.02 Å². The van der Waals surface area contributed by atoms with E-state index in [1.54, 1.807) is 0 Å². The monoisotopic (exact) mass is 325 g/mol. The highest BCUT2D eigenvalue weighted by Crippen LogP contribution is 2.38. The fourth-order valence-corrected chi connectivity index (χ4v) is 2.02. The lowest BCUT2D eigenvalue weighted by Gasteiger charge is -2.28. The maximum atomic E-state index is 14.0. The van der Waals surface area contributed by atoms with Crippen LogP contribution in [0.15, 0.2) is 17.1 Å². The zero-order valence-electron chi connectivity index (χ0n) is 10.6. The van der Waals surface area contributed by atoms with Crippen molar-refractivity contribution < 1.29 is 31.6 Å². The van der Waals surface area contributed by atoms with Gasteiger partial charge in [0.05, 0.1) is 16.5 Å². The minimum absolute atomic E-state index is 0.571. The summed E-state index contributed by atoms with van der Waals surface area (Å²) in [4.78, 5) is 12.9. The van der Waals surface area contributed by atoms with Crippen LogP contribution in [0.2, 0.25) is 0 Å². The maximum absolute atomic E-state index is 14.0. The zero-order valence-corrected chi connectivity index (χ0v) is 10.6. The van der Waals surface area contributed by atoms with Crippen molar-refractivity contribution in [3.63, 3.8) is 0 Å². The third-order valence-electron chi connectivity index (χ3n) is 2.98. The Morgan fingerprint density at radius 1 is 1.36 bits per heavy atom. The molecule has 11 heteroatoms. The highest BCUT2D eigenvalue weighted by molar-refractivity contribution is 5.72. The van der Waals surface area contributed by atoms with Crippen LogP contribution in [0.4, 0.5) is 27.6 Å². The molecule has 0 aliphatic carbocycles. The van der Waals surface area contributed by atoms with E-state index in [2.05, 4.69) is 9.73 Å². The molecule has 0 saturated heterocycles. The van der Waals surface area contributed by atoms with Gasteiger partial charge in [-0.15, -0.1) is 0 Å². The molecule has 2 rings (SSSR count). The summed E-state index contributed by atoms with van der Waals surface area (Å²) in [6.07, 6.45) is -8.18. The van der Waals surface area contributed by atoms with Gasteiger partial charge in [-0.1, -0.05) is 0 Å². The molecule has 0 aromatic heterocycles. The molecule has 0 unspecified atom stereocenters. The number of ether oxygens (including phenoxy) is 1. The van der Waals surface area contributed by atoms with Gasteiger partial charge in [0, 0.05) is 12.5 Å². The second-order valence-electron chi connectivity index (χ2n) is 4.42. The summed E-state index contributed by atoms with van der Waals surface area (Å²) in [7, 11) is 0. The number of nitro benzene ring substituents is 1. The zero-order chi connectivity index (χ0) is 16.7. The number of halogens is 5. The second-order valence-corrected chi connectivity index (χ2v) is 4.42. The van der Waals surface area contributed by atoms with E-state index in [9.17, 15) is 32.1 Å². The molecule has 0 saturated carbocycles. The molecule has 1 aliphatic heterocycles. The quantitative estimate of drug-likeness (QED) is 0.514. The fourth-order valence-electron chi connectivity index (χ4n) is 2.02. The molecule has 2 atom stereocenters. The molecule has 0 radical (unpaired) electrons. The van der Waals surface area contributed by atoms with Gasteiger partial charge in [0.2, 0.25) is 5.82 Å². The predicted octanol–water partition coefficient (Wildman–Crippen LogP) is 2.58. The van der Waals surface area contributed by atoms with Crippen molar-refractivity contribution in [2.75, 3.05) is 0 Å². The Balaban J connectivity index is 2.49. The summed E-state index contributed by atoms with van der Waals surface area (Å²) in [5.41, 5.74) is 3.08. The van der Waals surface area contributed by atoms with Crippen LogP contribution in [0.5, 0.6) is 0 Å². The molecule has 22 heavy (non-hydrogen) atoms. The smallest absolute Gasteiger partial charge is 0.425 e. The SMILES string of the molecule is NC1=N[C@H](c2c(F)ccc([N+](=O)[O-])c2F)C[C@@H](C(F)(F)F)O1. The number of amidine groups is 1. The van der Waals surface area contributed by atoms with Crippen LogP contribution in [0.25, 0.3) is 0 Å². The summed E-state index contributed by atoms with van der Waals surface area (Å²) < 4.78 is 70.1. The van der Waals surface area contributed by atoms with Gasteiger partial charge >= 0.3 is 11.9 Å². The normalized spacial score (nSPS) is 22.0. The third kappa shape index (κ3) is 2.92. The number of rotatable bonds is 2. The first kappa shape index (κ1) is 15.9. The Bertz CT molecular complexity index is 647. The lowest BCUT2D eigenvalue weighted by molar-refractivity contribution is -0.387. The molecule has 2 N–H and O–H groups in total. The van der Waals surface area contributed by atoms with Crippen LogP contribution >= 0.6 is 0 Å². The molecule has 0 spiro atoms. The Kier molecular flexibility index (Phi) is 3.90. The topological polar surface area (TPSA) is 90.8 Å². The van der Waals surface area contributed by atoms with Crippen molar-refractivity contribution in [2.45, 2.75) is 24.7 Å². The van der Waals surface area contributed by atoms with E-state index >= 15 is 0 Å². The molecule has 120 valence electrons. The van der Waals surface area contributed by atoms with E-state index in [1.807, 2.05) is 0 Å². The Hall–Kier alpha value is -2.46. The van der Waals surface area contributed by atoms with Crippen molar-refractivity contribution in [2.24, 2.45) is 10.7 Å². The number of nitrogens with two attached hydrogens (primary N) is 1. The van der Waals surface area contributed by atoms with Gasteiger partial charge in [-0.2, -0.15) is 17.6 Å². The minimum atomic E-state index is -4.83. The number of hydrogen-bond acceptors (Lipinski definition) is 5. The molecule has 1 aromatic rings. The molecular formula is C11H8F5N3O3. The average Bonchev–Trinajstić information content (AvgIpc) is 2.36. The van der Waals surface area contributed by atoms with Crippen LogP contribution in [0.1, 0.15) is 18.0 Å². The minimum Gasteiger partial charge on any atom is -0.452 e. The molecular weight excluding hydrogens is 317 g/mol. The fraction of sp³-hybridized carbons (Fsp3) is 0.364. The Labute approximate surface area is 119 Å². The second kappa shape index (κ2) is 5.39.